The second-order valence-corrected chi connectivity index (χ2v) is 7.44. The molecule has 0 saturated carbocycles. The number of carboxylic acids is 1. The second kappa shape index (κ2) is 7.75. The number of carbonyl (C=O) groups excluding carboxylic acids is 2. The predicted octanol–water partition coefficient (Wildman–Crippen LogP) is 1.94. The molecule has 2 amide bonds. The number of piperidine rings is 1. The summed E-state index contributed by atoms with van der Waals surface area (Å²) in [5, 5.41) is 9.24. The van der Waals surface area contributed by atoms with Crippen LogP contribution in [0.3, 0.4) is 0 Å². The minimum Gasteiger partial charge on any atom is -0.497 e. The quantitative estimate of drug-likeness (QED) is 0.628. The molecule has 3 aromatic rings. The summed E-state index contributed by atoms with van der Waals surface area (Å²) in [6.45, 7) is 0.0981. The molecule has 160 valence electrons. The summed E-state index contributed by atoms with van der Waals surface area (Å²) in [4.78, 5) is 51.2. The molecule has 0 aliphatic carbocycles. The summed E-state index contributed by atoms with van der Waals surface area (Å²) < 4.78 is 7.81. The van der Waals surface area contributed by atoms with Crippen LogP contribution in [0.5, 0.6) is 5.75 Å². The van der Waals surface area contributed by atoms with Crippen LogP contribution in [0.15, 0.2) is 47.3 Å². The number of likely N-dealkylation sites (tertiary alicyclic amines) is 1. The third-order valence-electron chi connectivity index (χ3n) is 5.63. The van der Waals surface area contributed by atoms with Gasteiger partial charge in [0.05, 0.1) is 30.3 Å². The minimum absolute atomic E-state index is 0.0477. The molecule has 0 radical (unpaired) electrons. The number of nitrogens with zero attached hydrogens (tertiary/aromatic N) is 3. The number of imide groups is 1. The number of hydrogen-bond acceptors (Lipinski definition) is 5. The van der Waals surface area contributed by atoms with Crippen molar-refractivity contribution in [2.24, 2.45) is 7.05 Å². The standard InChI is InChI=1S/C22H21N3O6/c1-23-18-11-14(21(28)29)5-8-16(18)25(22(23)30)17-9-10-19(26)24(20(17)27)12-13-3-6-15(31-2)7-4-13/h3-8,11,17H,9-10,12H2,1-2H3,(H,28,29). The lowest BCUT2D eigenvalue weighted by Crippen LogP contribution is -2.47. The van der Waals surface area contributed by atoms with Gasteiger partial charge in [-0.2, -0.15) is 0 Å². The molecule has 1 atom stereocenters. The van der Waals surface area contributed by atoms with Crippen molar-refractivity contribution in [3.05, 3.63) is 64.1 Å². The molecule has 31 heavy (non-hydrogen) atoms. The van der Waals surface area contributed by atoms with Gasteiger partial charge in [-0.25, -0.2) is 9.59 Å². The van der Waals surface area contributed by atoms with E-state index in [1.165, 1.54) is 39.3 Å². The van der Waals surface area contributed by atoms with Gasteiger partial charge in [-0.3, -0.25) is 23.6 Å². The van der Waals surface area contributed by atoms with Crippen molar-refractivity contribution in [3.63, 3.8) is 0 Å². The Balaban J connectivity index is 1.71. The molecule has 1 aliphatic heterocycles. The Morgan fingerprint density at radius 1 is 1.10 bits per heavy atom. The maximum Gasteiger partial charge on any atom is 0.335 e. The van der Waals surface area contributed by atoms with Gasteiger partial charge in [0.15, 0.2) is 0 Å². The Labute approximate surface area is 177 Å². The topological polar surface area (TPSA) is 111 Å². The van der Waals surface area contributed by atoms with Crippen LogP contribution in [0, 0.1) is 0 Å². The van der Waals surface area contributed by atoms with Gasteiger partial charge >= 0.3 is 11.7 Å². The average molecular weight is 423 g/mol. The lowest BCUT2D eigenvalue weighted by molar-refractivity contribution is -0.151. The summed E-state index contributed by atoms with van der Waals surface area (Å²) in [6.07, 6.45) is 0.332. The largest absolute Gasteiger partial charge is 0.497 e. The van der Waals surface area contributed by atoms with Crippen molar-refractivity contribution in [2.75, 3.05) is 7.11 Å². The van der Waals surface area contributed by atoms with Gasteiger partial charge in [0.2, 0.25) is 5.91 Å². The Morgan fingerprint density at radius 2 is 1.81 bits per heavy atom. The SMILES string of the molecule is COc1ccc(CN2C(=O)CCC(n3c(=O)n(C)c4cc(C(=O)O)ccc43)C2=O)cc1. The zero-order valence-electron chi connectivity index (χ0n) is 17.1. The predicted molar refractivity (Wildman–Crippen MR) is 111 cm³/mol. The summed E-state index contributed by atoms with van der Waals surface area (Å²) in [5.74, 6) is -1.18. The number of amides is 2. The van der Waals surface area contributed by atoms with Crippen LogP contribution in [0.4, 0.5) is 0 Å². The lowest BCUT2D eigenvalue weighted by atomic mass is 10.0. The molecule has 0 bridgehead atoms. The molecule has 0 spiro atoms. The van der Waals surface area contributed by atoms with Gasteiger partial charge in [0, 0.05) is 13.5 Å². The highest BCUT2D eigenvalue weighted by Crippen LogP contribution is 2.28. The summed E-state index contributed by atoms with van der Waals surface area (Å²) in [5.41, 5.74) is 1.24. The van der Waals surface area contributed by atoms with E-state index in [2.05, 4.69) is 0 Å². The van der Waals surface area contributed by atoms with Crippen LogP contribution in [-0.4, -0.2) is 44.0 Å². The molecular weight excluding hydrogens is 402 g/mol. The average Bonchev–Trinajstić information content (AvgIpc) is 3.01. The first-order valence-electron chi connectivity index (χ1n) is 9.73. The highest BCUT2D eigenvalue weighted by atomic mass is 16.5. The van der Waals surface area contributed by atoms with E-state index < -0.39 is 23.6 Å². The van der Waals surface area contributed by atoms with Crippen LogP contribution >= 0.6 is 0 Å². The first kappa shape index (κ1) is 20.4. The number of ether oxygens (including phenoxy) is 1. The molecule has 1 aliphatic rings. The Kier molecular flexibility index (Phi) is 5.10. The molecule has 2 aromatic carbocycles. The molecule has 1 aromatic heterocycles. The molecule has 1 saturated heterocycles. The van der Waals surface area contributed by atoms with Crippen molar-refractivity contribution < 1.29 is 24.2 Å². The second-order valence-electron chi connectivity index (χ2n) is 7.44. The molecule has 2 heterocycles. The number of carboxylic acid groups (broad SMARTS) is 1. The van der Waals surface area contributed by atoms with E-state index >= 15 is 0 Å². The Bertz CT molecular complexity index is 1250. The number of aromatic nitrogens is 2. The monoisotopic (exact) mass is 423 g/mol. The summed E-state index contributed by atoms with van der Waals surface area (Å²) in [7, 11) is 3.08. The van der Waals surface area contributed by atoms with Crippen molar-refractivity contribution in [3.8, 4) is 5.75 Å². The number of methoxy groups -OCH3 is 1. The maximum atomic E-state index is 13.3. The van der Waals surface area contributed by atoms with Gasteiger partial charge in [-0.15, -0.1) is 0 Å². The molecule has 1 N–H and O–H groups in total. The Hall–Kier alpha value is -3.88. The van der Waals surface area contributed by atoms with Crippen LogP contribution in [0.1, 0.15) is 34.8 Å². The third kappa shape index (κ3) is 3.48. The van der Waals surface area contributed by atoms with Crippen molar-refractivity contribution in [1.29, 1.82) is 0 Å². The van der Waals surface area contributed by atoms with Crippen LogP contribution in [-0.2, 0) is 23.2 Å². The van der Waals surface area contributed by atoms with Gasteiger partial charge in [0.25, 0.3) is 5.91 Å². The van der Waals surface area contributed by atoms with E-state index in [0.717, 1.165) is 5.56 Å². The highest BCUT2D eigenvalue weighted by Gasteiger charge is 2.37. The Morgan fingerprint density at radius 3 is 2.45 bits per heavy atom. The van der Waals surface area contributed by atoms with Crippen LogP contribution < -0.4 is 10.4 Å². The van der Waals surface area contributed by atoms with Crippen molar-refractivity contribution >= 4 is 28.8 Å². The number of rotatable bonds is 5. The van der Waals surface area contributed by atoms with Crippen LogP contribution in [0.25, 0.3) is 11.0 Å². The number of fused-ring (bicyclic) bond motifs is 1. The molecule has 1 unspecified atom stereocenters. The lowest BCUT2D eigenvalue weighted by Gasteiger charge is -2.31. The maximum absolute atomic E-state index is 13.3. The molecule has 1 fully saturated rings. The zero-order valence-corrected chi connectivity index (χ0v) is 17.1. The van der Waals surface area contributed by atoms with E-state index in [1.54, 1.807) is 31.4 Å². The number of aromatic carboxylic acids is 1. The van der Waals surface area contributed by atoms with Gasteiger partial charge < -0.3 is 9.84 Å². The molecule has 4 rings (SSSR count). The first-order chi connectivity index (χ1) is 14.8. The highest BCUT2D eigenvalue weighted by molar-refractivity contribution is 6.00. The summed E-state index contributed by atoms with van der Waals surface area (Å²) >= 11 is 0. The van der Waals surface area contributed by atoms with Gasteiger partial charge in [0.1, 0.15) is 11.8 Å². The van der Waals surface area contributed by atoms with E-state index in [1.807, 2.05) is 0 Å². The van der Waals surface area contributed by atoms with E-state index in [0.29, 0.717) is 16.8 Å². The fourth-order valence-corrected chi connectivity index (χ4v) is 3.94. The number of benzene rings is 2. The van der Waals surface area contributed by atoms with E-state index in [4.69, 9.17) is 4.74 Å². The van der Waals surface area contributed by atoms with E-state index in [9.17, 15) is 24.3 Å². The first-order valence-corrected chi connectivity index (χ1v) is 9.73. The molecule has 9 heteroatoms. The molecular formula is C22H21N3O6. The molecule has 9 nitrogen and oxygen atoms in total. The smallest absolute Gasteiger partial charge is 0.335 e. The normalized spacial score (nSPS) is 16.7. The van der Waals surface area contributed by atoms with Gasteiger partial charge in [-0.05, 0) is 42.3 Å². The third-order valence-corrected chi connectivity index (χ3v) is 5.63. The van der Waals surface area contributed by atoms with Crippen molar-refractivity contribution in [2.45, 2.75) is 25.4 Å². The number of aryl methyl sites for hydroxylation is 1. The number of carbonyl (C=O) groups is 3. The number of imidazole rings is 1. The zero-order chi connectivity index (χ0) is 22.3. The van der Waals surface area contributed by atoms with Crippen molar-refractivity contribution in [1.82, 2.24) is 14.0 Å². The fraction of sp³-hybridized carbons (Fsp3) is 0.273. The van der Waals surface area contributed by atoms with Gasteiger partial charge in [-0.1, -0.05) is 12.1 Å². The number of hydrogen-bond donors (Lipinski definition) is 1. The fourth-order valence-electron chi connectivity index (χ4n) is 3.94. The minimum atomic E-state index is -1.10. The summed E-state index contributed by atoms with van der Waals surface area (Å²) in [6, 6.07) is 10.5. The van der Waals surface area contributed by atoms with E-state index in [-0.39, 0.29) is 30.9 Å². The van der Waals surface area contributed by atoms with Crippen LogP contribution in [0.2, 0.25) is 0 Å².